The van der Waals surface area contributed by atoms with Gasteiger partial charge in [-0.05, 0) is 20.8 Å². The van der Waals surface area contributed by atoms with Crippen LogP contribution in [0.15, 0.2) is 5.38 Å². The Hall–Kier alpha value is -0.980. The highest BCUT2D eigenvalue weighted by atomic mass is 32.1. The molecule has 1 heterocycles. The average Bonchev–Trinajstić information content (AvgIpc) is 2.65. The van der Waals surface area contributed by atoms with E-state index in [1.807, 2.05) is 26.2 Å². The van der Waals surface area contributed by atoms with Crippen LogP contribution >= 0.6 is 11.3 Å². The lowest BCUT2D eigenvalue weighted by atomic mass is 10.1. The molecule has 0 aliphatic heterocycles. The van der Waals surface area contributed by atoms with Crippen molar-refractivity contribution >= 4 is 17.2 Å². The number of thiazole rings is 1. The molecule has 1 amide bonds. The molecule has 0 saturated carbocycles. The zero-order valence-corrected chi connectivity index (χ0v) is 11.4. The lowest BCUT2D eigenvalue weighted by Crippen LogP contribution is -2.50. The van der Waals surface area contributed by atoms with Crippen molar-refractivity contribution in [3.05, 3.63) is 16.1 Å². The van der Waals surface area contributed by atoms with E-state index in [4.69, 9.17) is 10.5 Å². The van der Waals surface area contributed by atoms with Gasteiger partial charge in [-0.1, -0.05) is 0 Å². The van der Waals surface area contributed by atoms with Crippen molar-refractivity contribution in [3.8, 4) is 0 Å². The number of carbonyl (C=O) groups excluding carboxylic acids is 1. The maximum Gasteiger partial charge on any atom is 0.240 e. The molecule has 0 aliphatic carbocycles. The summed E-state index contributed by atoms with van der Waals surface area (Å²) in [5, 5.41) is 5.70. The van der Waals surface area contributed by atoms with Gasteiger partial charge in [0, 0.05) is 18.2 Å². The molecule has 1 aromatic rings. The van der Waals surface area contributed by atoms with Gasteiger partial charge >= 0.3 is 0 Å². The topological polar surface area (TPSA) is 77.2 Å². The number of carbonyl (C=O) groups is 1. The first-order valence-electron chi connectivity index (χ1n) is 5.36. The Morgan fingerprint density at radius 2 is 2.35 bits per heavy atom. The fourth-order valence-electron chi connectivity index (χ4n) is 1.35. The van der Waals surface area contributed by atoms with Crippen LogP contribution in [0.1, 0.15) is 24.5 Å². The van der Waals surface area contributed by atoms with Crippen LogP contribution in [0, 0.1) is 6.92 Å². The van der Waals surface area contributed by atoms with Gasteiger partial charge in [-0.2, -0.15) is 0 Å². The lowest BCUT2D eigenvalue weighted by molar-refractivity contribution is -0.125. The summed E-state index contributed by atoms with van der Waals surface area (Å²) in [6, 6.07) is -0.652. The zero-order chi connectivity index (χ0) is 13.1. The molecule has 1 unspecified atom stereocenters. The Bertz CT molecular complexity index is 390. The Labute approximate surface area is 105 Å². The van der Waals surface area contributed by atoms with Crippen LogP contribution < -0.4 is 11.1 Å². The van der Waals surface area contributed by atoms with Gasteiger partial charge in [0.15, 0.2) is 0 Å². The van der Waals surface area contributed by atoms with Crippen LogP contribution in [0.2, 0.25) is 0 Å². The minimum atomic E-state index is -0.652. The first-order chi connectivity index (χ1) is 7.86. The number of hydrogen-bond donors (Lipinski definition) is 2. The first kappa shape index (κ1) is 14.1. The molecule has 0 radical (unpaired) electrons. The fraction of sp³-hybridized carbons (Fsp3) is 0.636. The number of nitrogens with zero attached hydrogens (tertiary/aromatic N) is 1. The summed E-state index contributed by atoms with van der Waals surface area (Å²) >= 11 is 1.53. The number of aryl methyl sites for hydroxylation is 1. The molecule has 17 heavy (non-hydrogen) atoms. The summed E-state index contributed by atoms with van der Waals surface area (Å²) in [7, 11) is 1.52. The Morgan fingerprint density at radius 3 is 2.82 bits per heavy atom. The van der Waals surface area contributed by atoms with Crippen molar-refractivity contribution < 1.29 is 9.53 Å². The Kier molecular flexibility index (Phi) is 4.62. The second kappa shape index (κ2) is 5.57. The highest BCUT2D eigenvalue weighted by molar-refractivity contribution is 7.09. The largest absolute Gasteiger partial charge is 0.383 e. The molecule has 0 aliphatic rings. The van der Waals surface area contributed by atoms with Gasteiger partial charge in [-0.3, -0.25) is 4.79 Å². The third-order valence-corrected chi connectivity index (χ3v) is 3.56. The SMILES string of the molecule is COCC(N)C(=O)NC(C)(C)c1nc(C)cs1. The van der Waals surface area contributed by atoms with E-state index in [0.717, 1.165) is 10.7 Å². The van der Waals surface area contributed by atoms with E-state index in [0.29, 0.717) is 0 Å². The van der Waals surface area contributed by atoms with E-state index >= 15 is 0 Å². The predicted molar refractivity (Wildman–Crippen MR) is 67.9 cm³/mol. The third-order valence-electron chi connectivity index (χ3n) is 2.27. The van der Waals surface area contributed by atoms with E-state index in [1.54, 1.807) is 0 Å². The van der Waals surface area contributed by atoms with Crippen molar-refractivity contribution in [3.63, 3.8) is 0 Å². The van der Waals surface area contributed by atoms with Crippen LogP contribution in [-0.4, -0.2) is 30.6 Å². The van der Waals surface area contributed by atoms with Crippen LogP contribution in [-0.2, 0) is 15.1 Å². The van der Waals surface area contributed by atoms with Crippen LogP contribution in [0.25, 0.3) is 0 Å². The minimum Gasteiger partial charge on any atom is -0.383 e. The number of ether oxygens (including phenoxy) is 1. The quantitative estimate of drug-likeness (QED) is 0.817. The minimum absolute atomic E-state index is 0.207. The first-order valence-corrected chi connectivity index (χ1v) is 6.24. The molecule has 96 valence electrons. The molecule has 3 N–H and O–H groups in total. The van der Waals surface area contributed by atoms with Crippen LogP contribution in [0.4, 0.5) is 0 Å². The monoisotopic (exact) mass is 257 g/mol. The van der Waals surface area contributed by atoms with Gasteiger partial charge in [-0.25, -0.2) is 4.98 Å². The summed E-state index contributed by atoms with van der Waals surface area (Å²) in [5.41, 5.74) is 6.10. The van der Waals surface area contributed by atoms with Gasteiger partial charge in [-0.15, -0.1) is 11.3 Å². The molecule has 0 fully saturated rings. The number of nitrogens with two attached hydrogens (primary N) is 1. The van der Waals surface area contributed by atoms with E-state index in [-0.39, 0.29) is 12.5 Å². The smallest absolute Gasteiger partial charge is 0.240 e. The van der Waals surface area contributed by atoms with Gasteiger partial charge in [0.1, 0.15) is 11.0 Å². The molecule has 0 aromatic carbocycles. The maximum absolute atomic E-state index is 11.8. The molecular formula is C11H19N3O2S. The number of aromatic nitrogens is 1. The van der Waals surface area contributed by atoms with E-state index in [2.05, 4.69) is 10.3 Å². The summed E-state index contributed by atoms with van der Waals surface area (Å²) in [6.07, 6.45) is 0. The predicted octanol–water partition coefficient (Wildman–Crippen LogP) is 0.777. The summed E-state index contributed by atoms with van der Waals surface area (Å²) in [5.74, 6) is -0.232. The average molecular weight is 257 g/mol. The molecule has 1 rings (SSSR count). The number of methoxy groups -OCH3 is 1. The van der Waals surface area contributed by atoms with Gasteiger partial charge in [0.2, 0.25) is 5.91 Å². The van der Waals surface area contributed by atoms with Crippen LogP contribution in [0.3, 0.4) is 0 Å². The van der Waals surface area contributed by atoms with Crippen molar-refractivity contribution in [1.82, 2.24) is 10.3 Å². The van der Waals surface area contributed by atoms with Gasteiger partial charge < -0.3 is 15.8 Å². The summed E-state index contributed by atoms with van der Waals surface area (Å²) < 4.78 is 4.85. The number of rotatable bonds is 5. The Morgan fingerprint density at radius 1 is 1.71 bits per heavy atom. The highest BCUT2D eigenvalue weighted by Crippen LogP contribution is 2.23. The molecule has 5 nitrogen and oxygen atoms in total. The van der Waals surface area contributed by atoms with E-state index < -0.39 is 11.6 Å². The number of amides is 1. The zero-order valence-electron chi connectivity index (χ0n) is 10.6. The number of hydrogen-bond acceptors (Lipinski definition) is 5. The maximum atomic E-state index is 11.8. The summed E-state index contributed by atoms with van der Waals surface area (Å²) in [6.45, 7) is 5.94. The van der Waals surface area contributed by atoms with Crippen molar-refractivity contribution in [2.75, 3.05) is 13.7 Å². The molecule has 0 bridgehead atoms. The normalized spacial score (nSPS) is 13.5. The lowest BCUT2D eigenvalue weighted by Gasteiger charge is -2.25. The molecular weight excluding hydrogens is 238 g/mol. The van der Waals surface area contributed by atoms with E-state index in [9.17, 15) is 4.79 Å². The molecule has 0 spiro atoms. The summed E-state index contributed by atoms with van der Waals surface area (Å²) in [4.78, 5) is 16.2. The van der Waals surface area contributed by atoms with E-state index in [1.165, 1.54) is 18.4 Å². The molecule has 6 heteroatoms. The third kappa shape index (κ3) is 3.76. The second-order valence-corrected chi connectivity index (χ2v) is 5.33. The van der Waals surface area contributed by atoms with Crippen LogP contribution in [0.5, 0.6) is 0 Å². The highest BCUT2D eigenvalue weighted by Gasteiger charge is 2.28. The molecule has 0 saturated heterocycles. The fourth-order valence-corrected chi connectivity index (χ4v) is 2.23. The van der Waals surface area contributed by atoms with Crippen molar-refractivity contribution in [2.24, 2.45) is 5.73 Å². The van der Waals surface area contributed by atoms with Gasteiger partial charge in [0.05, 0.1) is 12.1 Å². The number of nitrogens with one attached hydrogen (secondary N) is 1. The Balaban J connectivity index is 2.69. The molecule has 1 atom stereocenters. The van der Waals surface area contributed by atoms with Crippen molar-refractivity contribution in [2.45, 2.75) is 32.4 Å². The van der Waals surface area contributed by atoms with Crippen molar-refractivity contribution in [1.29, 1.82) is 0 Å². The molecule has 1 aromatic heterocycles. The standard InChI is InChI=1S/C11H19N3O2S/c1-7-6-17-10(13-7)11(2,3)14-9(15)8(12)5-16-4/h6,8H,5,12H2,1-4H3,(H,14,15). The van der Waals surface area contributed by atoms with Gasteiger partial charge in [0.25, 0.3) is 0 Å². The second-order valence-electron chi connectivity index (χ2n) is 4.47.